The summed E-state index contributed by atoms with van der Waals surface area (Å²) in [5, 5.41) is 17.0. The van der Waals surface area contributed by atoms with Crippen molar-refractivity contribution in [3.05, 3.63) is 72.7 Å². The van der Waals surface area contributed by atoms with E-state index in [2.05, 4.69) is 20.6 Å². The molecule has 7 nitrogen and oxygen atoms in total. The van der Waals surface area contributed by atoms with Gasteiger partial charge in [0.25, 0.3) is 0 Å². The number of aliphatic hydroxyl groups is 1. The molecule has 0 aliphatic carbocycles. The van der Waals surface area contributed by atoms with Crippen LogP contribution in [0.1, 0.15) is 25.2 Å². The summed E-state index contributed by atoms with van der Waals surface area (Å²) < 4.78 is 7.28. The van der Waals surface area contributed by atoms with Gasteiger partial charge in [-0.3, -0.25) is 0 Å². The summed E-state index contributed by atoms with van der Waals surface area (Å²) in [6.45, 7) is 5.19. The van der Waals surface area contributed by atoms with Crippen LogP contribution >= 0.6 is 0 Å². The maximum Gasteiger partial charge on any atom is 0.191 e. The van der Waals surface area contributed by atoms with E-state index in [4.69, 9.17) is 4.42 Å². The van der Waals surface area contributed by atoms with Crippen LogP contribution in [-0.2, 0) is 12.1 Å². The predicted molar refractivity (Wildman–Crippen MR) is 105 cm³/mol. The highest BCUT2D eigenvalue weighted by atomic mass is 16.4. The third-order valence-electron chi connectivity index (χ3n) is 4.18. The molecule has 0 bridgehead atoms. The van der Waals surface area contributed by atoms with E-state index in [-0.39, 0.29) is 6.54 Å². The fraction of sp³-hybridized carbons (Fsp3) is 0.300. The van der Waals surface area contributed by atoms with Gasteiger partial charge in [0.15, 0.2) is 5.96 Å². The zero-order chi connectivity index (χ0) is 19.1. The quantitative estimate of drug-likeness (QED) is 0.441. The normalized spacial score (nSPS) is 14.0. The van der Waals surface area contributed by atoms with Gasteiger partial charge in [-0.2, -0.15) is 0 Å². The van der Waals surface area contributed by atoms with Gasteiger partial charge in [0.1, 0.15) is 11.4 Å². The Labute approximate surface area is 158 Å². The van der Waals surface area contributed by atoms with Crippen molar-refractivity contribution < 1.29 is 9.52 Å². The molecule has 0 aliphatic heterocycles. The largest absolute Gasteiger partial charge is 0.466 e. The Balaban J connectivity index is 1.72. The molecule has 2 heterocycles. The molecule has 1 atom stereocenters. The van der Waals surface area contributed by atoms with E-state index in [0.717, 1.165) is 17.8 Å². The van der Waals surface area contributed by atoms with Crippen LogP contribution in [0.15, 0.2) is 70.8 Å². The number of guanidine groups is 1. The third-order valence-corrected chi connectivity index (χ3v) is 4.18. The topological polar surface area (TPSA) is 87.6 Å². The number of rotatable bonds is 7. The lowest BCUT2D eigenvalue weighted by atomic mass is 10.0. The molecular formula is C20H25N5O2. The number of aromatic nitrogens is 2. The van der Waals surface area contributed by atoms with Crippen molar-refractivity contribution in [1.29, 1.82) is 0 Å². The lowest BCUT2D eigenvalue weighted by molar-refractivity contribution is 0.0386. The minimum absolute atomic E-state index is 0.273. The molecule has 3 N–H and O–H groups in total. The number of furan rings is 1. The first kappa shape index (κ1) is 18.7. The summed E-state index contributed by atoms with van der Waals surface area (Å²) in [6, 6.07) is 11.6. The van der Waals surface area contributed by atoms with Crippen LogP contribution < -0.4 is 10.6 Å². The van der Waals surface area contributed by atoms with Crippen LogP contribution in [0.2, 0.25) is 0 Å². The number of benzene rings is 1. The standard InChI is InChI=1S/C20H25N5O2/c1-3-22-19(24-14-20(2,26)18-9-6-12-27-18)23-13-16-7-4-5-8-17(16)25-11-10-21-15-25/h4-12,15,26H,3,13-14H2,1-2H3,(H2,22,23,24). The number of nitrogens with zero attached hydrogens (tertiary/aromatic N) is 3. The van der Waals surface area contributed by atoms with E-state index in [1.165, 1.54) is 0 Å². The molecule has 0 aliphatic rings. The van der Waals surface area contributed by atoms with Crippen molar-refractivity contribution in [3.63, 3.8) is 0 Å². The zero-order valence-electron chi connectivity index (χ0n) is 15.6. The van der Waals surface area contributed by atoms with Crippen LogP contribution in [0.3, 0.4) is 0 Å². The second-order valence-corrected chi connectivity index (χ2v) is 6.40. The van der Waals surface area contributed by atoms with Crippen LogP contribution in [0.4, 0.5) is 0 Å². The van der Waals surface area contributed by atoms with Gasteiger partial charge in [-0.15, -0.1) is 0 Å². The third kappa shape index (κ3) is 4.77. The van der Waals surface area contributed by atoms with Gasteiger partial charge < -0.3 is 24.7 Å². The van der Waals surface area contributed by atoms with Crippen LogP contribution in [0.25, 0.3) is 5.69 Å². The molecule has 0 saturated heterocycles. The molecule has 0 saturated carbocycles. The van der Waals surface area contributed by atoms with Crippen molar-refractivity contribution in [2.75, 3.05) is 13.1 Å². The highest BCUT2D eigenvalue weighted by molar-refractivity contribution is 5.79. The van der Waals surface area contributed by atoms with E-state index in [9.17, 15) is 5.11 Å². The second kappa shape index (κ2) is 8.55. The Morgan fingerprint density at radius 2 is 2.11 bits per heavy atom. The minimum atomic E-state index is -1.13. The molecule has 3 rings (SSSR count). The van der Waals surface area contributed by atoms with Gasteiger partial charge in [0.2, 0.25) is 0 Å². The molecular weight excluding hydrogens is 342 g/mol. The number of hydrogen-bond donors (Lipinski definition) is 3. The Bertz CT molecular complexity index is 854. The number of imidazole rings is 1. The lowest BCUT2D eigenvalue weighted by Gasteiger charge is -2.22. The van der Waals surface area contributed by atoms with Crippen LogP contribution in [-0.4, -0.2) is 33.7 Å². The van der Waals surface area contributed by atoms with Crippen LogP contribution in [0, 0.1) is 0 Å². The highest BCUT2D eigenvalue weighted by Crippen LogP contribution is 2.20. The van der Waals surface area contributed by atoms with E-state index in [1.54, 1.807) is 37.8 Å². The summed E-state index contributed by atoms with van der Waals surface area (Å²) in [5.74, 6) is 1.14. The molecule has 7 heteroatoms. The maximum absolute atomic E-state index is 10.6. The zero-order valence-corrected chi connectivity index (χ0v) is 15.6. The van der Waals surface area contributed by atoms with Crippen molar-refractivity contribution in [1.82, 2.24) is 20.2 Å². The van der Waals surface area contributed by atoms with Gasteiger partial charge in [0, 0.05) is 18.9 Å². The monoisotopic (exact) mass is 367 g/mol. The number of para-hydroxylation sites is 1. The van der Waals surface area contributed by atoms with Gasteiger partial charge in [-0.05, 0) is 37.6 Å². The molecule has 0 radical (unpaired) electrons. The minimum Gasteiger partial charge on any atom is -0.466 e. The average molecular weight is 367 g/mol. The second-order valence-electron chi connectivity index (χ2n) is 6.40. The van der Waals surface area contributed by atoms with Crippen LogP contribution in [0.5, 0.6) is 0 Å². The molecule has 3 aromatic rings. The lowest BCUT2D eigenvalue weighted by Crippen LogP contribution is -2.44. The Kier molecular flexibility index (Phi) is 5.93. The molecule has 0 fully saturated rings. The molecule has 1 aromatic carbocycles. The molecule has 0 amide bonds. The molecule has 27 heavy (non-hydrogen) atoms. The Morgan fingerprint density at radius 1 is 1.26 bits per heavy atom. The van der Waals surface area contributed by atoms with Crippen molar-refractivity contribution in [3.8, 4) is 5.69 Å². The van der Waals surface area contributed by atoms with Gasteiger partial charge in [0.05, 0.1) is 31.4 Å². The number of nitrogens with one attached hydrogen (secondary N) is 2. The SMILES string of the molecule is CCNC(=NCc1ccccc1-n1ccnc1)NCC(C)(O)c1ccco1. The van der Waals surface area contributed by atoms with Gasteiger partial charge in [-0.25, -0.2) is 9.98 Å². The molecule has 0 spiro atoms. The average Bonchev–Trinajstić information content (AvgIpc) is 3.38. The van der Waals surface area contributed by atoms with Crippen molar-refractivity contribution in [2.45, 2.75) is 26.0 Å². The van der Waals surface area contributed by atoms with E-state index < -0.39 is 5.60 Å². The Hall–Kier alpha value is -3.06. The van der Waals surface area contributed by atoms with E-state index in [0.29, 0.717) is 18.3 Å². The molecule has 2 aromatic heterocycles. The summed E-state index contributed by atoms with van der Waals surface area (Å²) >= 11 is 0. The first-order valence-corrected chi connectivity index (χ1v) is 8.95. The maximum atomic E-state index is 10.6. The van der Waals surface area contributed by atoms with Gasteiger partial charge >= 0.3 is 0 Å². The predicted octanol–water partition coefficient (Wildman–Crippen LogP) is 2.43. The van der Waals surface area contributed by atoms with E-state index in [1.807, 2.05) is 42.0 Å². The summed E-state index contributed by atoms with van der Waals surface area (Å²) in [5.41, 5.74) is 0.983. The number of hydrogen-bond acceptors (Lipinski definition) is 4. The highest BCUT2D eigenvalue weighted by Gasteiger charge is 2.26. The molecule has 142 valence electrons. The van der Waals surface area contributed by atoms with E-state index >= 15 is 0 Å². The fourth-order valence-corrected chi connectivity index (χ4v) is 2.73. The Morgan fingerprint density at radius 3 is 2.81 bits per heavy atom. The summed E-state index contributed by atoms with van der Waals surface area (Å²) in [4.78, 5) is 8.77. The fourth-order valence-electron chi connectivity index (χ4n) is 2.73. The number of aliphatic imine (C=N–C) groups is 1. The summed E-state index contributed by atoms with van der Waals surface area (Å²) in [6.07, 6.45) is 6.98. The molecule has 1 unspecified atom stereocenters. The first-order chi connectivity index (χ1) is 13.1. The first-order valence-electron chi connectivity index (χ1n) is 8.95. The van der Waals surface area contributed by atoms with Crippen molar-refractivity contribution in [2.24, 2.45) is 4.99 Å². The summed E-state index contributed by atoms with van der Waals surface area (Å²) in [7, 11) is 0. The van der Waals surface area contributed by atoms with Crippen molar-refractivity contribution >= 4 is 5.96 Å². The smallest absolute Gasteiger partial charge is 0.191 e. The van der Waals surface area contributed by atoms with Gasteiger partial charge in [-0.1, -0.05) is 18.2 Å².